The van der Waals surface area contributed by atoms with Crippen LogP contribution in [0.2, 0.25) is 0 Å². The van der Waals surface area contributed by atoms with E-state index in [0.717, 1.165) is 5.57 Å². The van der Waals surface area contributed by atoms with Gasteiger partial charge in [-0.15, -0.1) is 0 Å². The Morgan fingerprint density at radius 3 is 2.29 bits per heavy atom. The van der Waals surface area contributed by atoms with Crippen LogP contribution in [0.3, 0.4) is 0 Å². The first-order valence-corrected chi connectivity index (χ1v) is 9.77. The van der Waals surface area contributed by atoms with E-state index in [1.807, 2.05) is 19.1 Å². The van der Waals surface area contributed by atoms with Crippen LogP contribution < -0.4 is 0 Å². The molecular formula is C28H28. The largest absolute Gasteiger partial charge is 0.0991 e. The third kappa shape index (κ3) is 2.96. The molecule has 28 heavy (non-hydrogen) atoms. The van der Waals surface area contributed by atoms with Gasteiger partial charge < -0.3 is 0 Å². The van der Waals surface area contributed by atoms with Crippen molar-refractivity contribution in [1.82, 2.24) is 0 Å². The van der Waals surface area contributed by atoms with E-state index in [1.54, 1.807) is 0 Å². The summed E-state index contributed by atoms with van der Waals surface area (Å²) in [6.07, 6.45) is 16.6. The summed E-state index contributed by atoms with van der Waals surface area (Å²) in [6, 6.07) is 15.5. The number of rotatable bonds is 6. The molecule has 0 aliphatic heterocycles. The molecule has 1 unspecified atom stereocenters. The van der Waals surface area contributed by atoms with Crippen molar-refractivity contribution < 1.29 is 0 Å². The highest BCUT2D eigenvalue weighted by molar-refractivity contribution is 5.87. The highest BCUT2D eigenvalue weighted by atomic mass is 14.5. The first-order valence-electron chi connectivity index (χ1n) is 9.77. The lowest BCUT2D eigenvalue weighted by molar-refractivity contribution is 0.765. The van der Waals surface area contributed by atoms with Crippen molar-refractivity contribution in [1.29, 1.82) is 0 Å². The van der Waals surface area contributed by atoms with Crippen LogP contribution in [-0.2, 0) is 5.41 Å². The van der Waals surface area contributed by atoms with Crippen molar-refractivity contribution in [2.75, 3.05) is 0 Å². The van der Waals surface area contributed by atoms with Gasteiger partial charge in [-0.05, 0) is 54.2 Å². The molecule has 0 radical (unpaired) electrons. The quantitative estimate of drug-likeness (QED) is 0.462. The number of aryl methyl sites for hydroxylation is 1. The average molecular weight is 365 g/mol. The lowest BCUT2D eigenvalue weighted by atomic mass is 9.66. The molecule has 2 aromatic carbocycles. The Hall–Kier alpha value is -3.12. The Balaban J connectivity index is 2.56. The molecular weight excluding hydrogens is 336 g/mol. The van der Waals surface area contributed by atoms with Crippen LogP contribution in [0.4, 0.5) is 0 Å². The minimum absolute atomic E-state index is 0.417. The molecule has 2 aromatic rings. The molecule has 0 nitrogen and oxygen atoms in total. The second-order valence-corrected chi connectivity index (χ2v) is 7.05. The maximum absolute atomic E-state index is 4.20. The van der Waals surface area contributed by atoms with E-state index in [9.17, 15) is 0 Å². The molecule has 0 bridgehead atoms. The maximum atomic E-state index is 4.20. The van der Waals surface area contributed by atoms with Gasteiger partial charge in [0.25, 0.3) is 0 Å². The molecule has 1 aliphatic rings. The van der Waals surface area contributed by atoms with E-state index < -0.39 is 5.41 Å². The van der Waals surface area contributed by atoms with Crippen LogP contribution in [-0.4, -0.2) is 0 Å². The van der Waals surface area contributed by atoms with E-state index in [0.29, 0.717) is 0 Å². The van der Waals surface area contributed by atoms with Crippen molar-refractivity contribution in [3.05, 3.63) is 132 Å². The smallest absolute Gasteiger partial charge is 0.0713 e. The third-order valence-corrected chi connectivity index (χ3v) is 5.40. The Bertz CT molecular complexity index is 1020. The summed E-state index contributed by atoms with van der Waals surface area (Å²) in [5.41, 5.74) is 8.35. The summed E-state index contributed by atoms with van der Waals surface area (Å²) in [7, 11) is 0. The lowest BCUT2D eigenvalue weighted by Gasteiger charge is -2.35. The summed E-state index contributed by atoms with van der Waals surface area (Å²) in [6.45, 7) is 14.4. The highest BCUT2D eigenvalue weighted by Gasteiger charge is 2.46. The van der Waals surface area contributed by atoms with Gasteiger partial charge >= 0.3 is 0 Å². The van der Waals surface area contributed by atoms with Crippen molar-refractivity contribution in [3.63, 3.8) is 0 Å². The molecule has 0 heteroatoms. The second kappa shape index (κ2) is 8.27. The molecule has 1 aliphatic carbocycles. The monoisotopic (exact) mass is 364 g/mol. The molecule has 3 rings (SSSR count). The molecule has 0 saturated heterocycles. The predicted molar refractivity (Wildman–Crippen MR) is 124 cm³/mol. The molecule has 0 amide bonds. The number of hydrogen-bond acceptors (Lipinski definition) is 0. The first-order chi connectivity index (χ1) is 13.6. The number of benzene rings is 2. The third-order valence-electron chi connectivity index (χ3n) is 5.40. The molecule has 140 valence electrons. The van der Waals surface area contributed by atoms with E-state index in [-0.39, 0.29) is 0 Å². The molecule has 0 aromatic heterocycles. The molecule has 0 saturated carbocycles. The summed E-state index contributed by atoms with van der Waals surface area (Å²) in [4.78, 5) is 0. The zero-order valence-electron chi connectivity index (χ0n) is 17.1. The van der Waals surface area contributed by atoms with Crippen LogP contribution in [0.15, 0.2) is 115 Å². The zero-order valence-corrected chi connectivity index (χ0v) is 17.1. The Morgan fingerprint density at radius 2 is 1.61 bits per heavy atom. The van der Waals surface area contributed by atoms with E-state index in [4.69, 9.17) is 0 Å². The maximum Gasteiger partial charge on any atom is 0.0713 e. The number of hydrogen-bond donors (Lipinski definition) is 0. The van der Waals surface area contributed by atoms with Gasteiger partial charge in [0, 0.05) is 0 Å². The van der Waals surface area contributed by atoms with Gasteiger partial charge in [-0.3, -0.25) is 0 Å². The van der Waals surface area contributed by atoms with Gasteiger partial charge in [0.1, 0.15) is 0 Å². The molecule has 0 spiro atoms. The van der Waals surface area contributed by atoms with Crippen molar-refractivity contribution in [2.24, 2.45) is 0 Å². The lowest BCUT2D eigenvalue weighted by Crippen LogP contribution is -2.29. The van der Waals surface area contributed by atoms with E-state index >= 15 is 0 Å². The summed E-state index contributed by atoms with van der Waals surface area (Å²) >= 11 is 0. The molecule has 1 atom stereocenters. The Labute approximate surface area is 169 Å². The minimum atomic E-state index is -0.417. The normalized spacial score (nSPS) is 19.1. The SMILES string of the molecule is C=C/C=C(\C=C/C)C1(/C(C=C)=C/C=C\C)c2ccccc2-c2ccc(C)cc21. The minimum Gasteiger partial charge on any atom is -0.0991 e. The predicted octanol–water partition coefficient (Wildman–Crippen LogP) is 7.64. The van der Waals surface area contributed by atoms with Crippen LogP contribution in [0.1, 0.15) is 30.5 Å². The fraction of sp³-hybridized carbons (Fsp3) is 0.143. The fourth-order valence-electron chi connectivity index (χ4n) is 4.34. The fourth-order valence-corrected chi connectivity index (χ4v) is 4.34. The highest BCUT2D eigenvalue weighted by Crippen LogP contribution is 2.57. The summed E-state index contributed by atoms with van der Waals surface area (Å²) < 4.78 is 0. The van der Waals surface area contributed by atoms with Crippen LogP contribution in [0, 0.1) is 6.92 Å². The van der Waals surface area contributed by atoms with Crippen LogP contribution in [0.25, 0.3) is 11.1 Å². The van der Waals surface area contributed by atoms with Gasteiger partial charge in [-0.2, -0.15) is 0 Å². The van der Waals surface area contributed by atoms with Crippen LogP contribution in [0.5, 0.6) is 0 Å². The Kier molecular flexibility index (Phi) is 5.80. The first kappa shape index (κ1) is 19.6. The van der Waals surface area contributed by atoms with E-state index in [1.165, 1.54) is 33.4 Å². The van der Waals surface area contributed by atoms with Gasteiger partial charge in [0.05, 0.1) is 5.41 Å². The van der Waals surface area contributed by atoms with Gasteiger partial charge in [0.2, 0.25) is 0 Å². The number of fused-ring (bicyclic) bond motifs is 3. The second-order valence-electron chi connectivity index (χ2n) is 7.05. The molecule has 0 N–H and O–H groups in total. The molecule has 0 heterocycles. The van der Waals surface area contributed by atoms with Crippen molar-refractivity contribution in [2.45, 2.75) is 26.2 Å². The van der Waals surface area contributed by atoms with Crippen molar-refractivity contribution >= 4 is 0 Å². The van der Waals surface area contributed by atoms with Gasteiger partial charge in [-0.1, -0.05) is 110 Å². The number of allylic oxidation sites excluding steroid dienone is 10. The van der Waals surface area contributed by atoms with Crippen LogP contribution >= 0.6 is 0 Å². The van der Waals surface area contributed by atoms with Gasteiger partial charge in [-0.25, -0.2) is 0 Å². The van der Waals surface area contributed by atoms with Crippen molar-refractivity contribution in [3.8, 4) is 11.1 Å². The van der Waals surface area contributed by atoms with Gasteiger partial charge in [0.15, 0.2) is 0 Å². The zero-order chi connectivity index (χ0) is 20.1. The summed E-state index contributed by atoms with van der Waals surface area (Å²) in [5.74, 6) is 0. The topological polar surface area (TPSA) is 0 Å². The molecule has 0 fully saturated rings. The average Bonchev–Trinajstić information content (AvgIpc) is 2.99. The Morgan fingerprint density at radius 1 is 0.857 bits per heavy atom. The van der Waals surface area contributed by atoms with E-state index in [2.05, 4.69) is 106 Å². The summed E-state index contributed by atoms with van der Waals surface area (Å²) in [5, 5.41) is 0. The standard InChI is InChI=1S/C28H28/c1-6-10-15-22(9-4)28(23(13-7-2)14-8-3)26-17-12-11-16-24(26)25-19-18-21(5)20-27(25)28/h6-20H,2,4H2,1,3,5H3/b10-6-,14-8-,22-15+,23-13+.